The molecule has 0 bridgehead atoms. The van der Waals surface area contributed by atoms with Gasteiger partial charge in [0.1, 0.15) is 5.82 Å². The fraction of sp³-hybridized carbons (Fsp3) is 0.267. The lowest BCUT2D eigenvalue weighted by Gasteiger charge is -2.30. The van der Waals surface area contributed by atoms with Crippen molar-refractivity contribution in [1.82, 2.24) is 25.4 Å². The van der Waals surface area contributed by atoms with Crippen molar-refractivity contribution in [1.29, 1.82) is 0 Å². The van der Waals surface area contributed by atoms with Gasteiger partial charge in [0.2, 0.25) is 5.82 Å². The average molecular weight is 393 g/mol. The SMILES string of the molecule is O=C(O)NCCSc1nonc1-c1noc(=O)n1C1Cc2ccc(F)cc21. The Morgan fingerprint density at radius 2 is 2.26 bits per heavy atom. The summed E-state index contributed by atoms with van der Waals surface area (Å²) in [7, 11) is 0. The molecule has 0 aliphatic heterocycles. The standard InChI is InChI=1S/C15H12FN5O5S/c16-8-2-1-7-5-10(9(7)6-8)21-12(19-25-15(21)24)11-13(20-26-18-11)27-4-3-17-14(22)23/h1-2,6,10,17H,3-5H2,(H,22,23). The minimum atomic E-state index is -1.13. The summed E-state index contributed by atoms with van der Waals surface area (Å²) in [6, 6.07) is 4.00. The maximum atomic E-state index is 13.5. The van der Waals surface area contributed by atoms with Crippen LogP contribution < -0.4 is 11.1 Å². The highest BCUT2D eigenvalue weighted by molar-refractivity contribution is 7.99. The highest BCUT2D eigenvalue weighted by Crippen LogP contribution is 2.38. The fourth-order valence-electron chi connectivity index (χ4n) is 2.89. The molecule has 0 radical (unpaired) electrons. The number of hydrogen-bond acceptors (Lipinski definition) is 8. The predicted octanol–water partition coefficient (Wildman–Crippen LogP) is 1.53. The van der Waals surface area contributed by atoms with Crippen molar-refractivity contribution in [3.8, 4) is 11.5 Å². The third-order valence-corrected chi connectivity index (χ3v) is 5.06. The zero-order valence-corrected chi connectivity index (χ0v) is 14.4. The molecule has 1 amide bonds. The molecule has 12 heteroatoms. The first kappa shape index (κ1) is 17.3. The number of rotatable bonds is 6. The van der Waals surface area contributed by atoms with Crippen molar-refractivity contribution in [2.45, 2.75) is 17.5 Å². The number of amides is 1. The van der Waals surface area contributed by atoms with Gasteiger partial charge in [-0.15, -0.1) is 0 Å². The molecule has 0 fully saturated rings. The number of carboxylic acid groups (broad SMARTS) is 1. The topological polar surface area (TPSA) is 136 Å². The van der Waals surface area contributed by atoms with Crippen LogP contribution in [-0.4, -0.2) is 43.5 Å². The van der Waals surface area contributed by atoms with Gasteiger partial charge in [-0.05, 0) is 40.0 Å². The van der Waals surface area contributed by atoms with Gasteiger partial charge in [0, 0.05) is 12.3 Å². The molecule has 1 atom stereocenters. The second-order valence-electron chi connectivity index (χ2n) is 5.70. The Balaban J connectivity index is 1.61. The van der Waals surface area contributed by atoms with Crippen molar-refractivity contribution in [3.05, 3.63) is 45.7 Å². The molecule has 1 aliphatic carbocycles. The number of halogens is 1. The van der Waals surface area contributed by atoms with Gasteiger partial charge in [0.15, 0.2) is 10.7 Å². The Kier molecular flexibility index (Phi) is 4.39. The highest BCUT2D eigenvalue weighted by atomic mass is 32.2. The zero-order chi connectivity index (χ0) is 19.0. The van der Waals surface area contributed by atoms with Crippen LogP contribution in [0.15, 0.2) is 37.2 Å². The molecule has 1 aromatic carbocycles. The van der Waals surface area contributed by atoms with Gasteiger partial charge < -0.3 is 10.4 Å². The summed E-state index contributed by atoms with van der Waals surface area (Å²) in [5.41, 5.74) is 1.82. The molecule has 1 aliphatic rings. The maximum Gasteiger partial charge on any atom is 0.442 e. The quantitative estimate of drug-likeness (QED) is 0.472. The molecule has 2 heterocycles. The van der Waals surface area contributed by atoms with Crippen LogP contribution in [0, 0.1) is 5.82 Å². The fourth-order valence-corrected chi connectivity index (χ4v) is 3.63. The molecule has 1 unspecified atom stereocenters. The van der Waals surface area contributed by atoms with E-state index in [1.54, 1.807) is 6.07 Å². The summed E-state index contributed by atoms with van der Waals surface area (Å²) in [5, 5.41) is 22.5. The average Bonchev–Trinajstić information content (AvgIpc) is 3.21. The van der Waals surface area contributed by atoms with Gasteiger partial charge in [-0.2, -0.15) is 0 Å². The van der Waals surface area contributed by atoms with Gasteiger partial charge >= 0.3 is 11.8 Å². The lowest BCUT2D eigenvalue weighted by atomic mass is 9.83. The van der Waals surface area contributed by atoms with Crippen molar-refractivity contribution in [3.63, 3.8) is 0 Å². The van der Waals surface area contributed by atoms with Crippen LogP contribution in [0.3, 0.4) is 0 Å². The van der Waals surface area contributed by atoms with Crippen LogP contribution in [0.1, 0.15) is 17.2 Å². The zero-order valence-electron chi connectivity index (χ0n) is 13.6. The second-order valence-corrected chi connectivity index (χ2v) is 6.79. The Labute approximate surface area is 154 Å². The van der Waals surface area contributed by atoms with Crippen molar-refractivity contribution >= 4 is 17.9 Å². The molecule has 2 aromatic heterocycles. The predicted molar refractivity (Wildman–Crippen MR) is 89.0 cm³/mol. The normalized spacial score (nSPS) is 15.2. The molecule has 0 saturated carbocycles. The van der Waals surface area contributed by atoms with E-state index in [9.17, 15) is 14.0 Å². The number of nitrogens with zero attached hydrogens (tertiary/aromatic N) is 4. The molecular weight excluding hydrogens is 381 g/mol. The smallest absolute Gasteiger partial charge is 0.442 e. The molecule has 140 valence electrons. The molecule has 0 spiro atoms. The van der Waals surface area contributed by atoms with Crippen LogP contribution in [0.25, 0.3) is 11.5 Å². The lowest BCUT2D eigenvalue weighted by Crippen LogP contribution is -2.31. The summed E-state index contributed by atoms with van der Waals surface area (Å²) in [4.78, 5) is 22.7. The first-order chi connectivity index (χ1) is 13.0. The van der Waals surface area contributed by atoms with Gasteiger partial charge in [-0.1, -0.05) is 23.0 Å². The number of benzene rings is 1. The molecule has 3 aromatic rings. The third kappa shape index (κ3) is 3.18. The largest absolute Gasteiger partial charge is 0.465 e. The van der Waals surface area contributed by atoms with Crippen LogP contribution >= 0.6 is 11.8 Å². The van der Waals surface area contributed by atoms with E-state index in [2.05, 4.69) is 20.8 Å². The van der Waals surface area contributed by atoms with E-state index >= 15 is 0 Å². The van der Waals surface area contributed by atoms with Crippen LogP contribution in [0.2, 0.25) is 0 Å². The summed E-state index contributed by atoms with van der Waals surface area (Å²) in [6.45, 7) is 0.188. The number of thioether (sulfide) groups is 1. The van der Waals surface area contributed by atoms with Crippen LogP contribution in [0.5, 0.6) is 0 Å². The number of hydrogen-bond donors (Lipinski definition) is 2. The van der Waals surface area contributed by atoms with E-state index < -0.39 is 23.7 Å². The van der Waals surface area contributed by atoms with Gasteiger partial charge in [-0.3, -0.25) is 4.52 Å². The Morgan fingerprint density at radius 1 is 1.41 bits per heavy atom. The van der Waals surface area contributed by atoms with Gasteiger partial charge in [-0.25, -0.2) is 23.2 Å². The highest BCUT2D eigenvalue weighted by Gasteiger charge is 2.34. The first-order valence-electron chi connectivity index (χ1n) is 7.83. The van der Waals surface area contributed by atoms with E-state index in [-0.39, 0.29) is 18.1 Å². The number of carbonyl (C=O) groups is 1. The number of aromatic nitrogens is 4. The van der Waals surface area contributed by atoms with Crippen molar-refractivity contribution < 1.29 is 23.4 Å². The molecule has 10 nitrogen and oxygen atoms in total. The van der Waals surface area contributed by atoms with E-state index in [1.807, 2.05) is 0 Å². The first-order valence-corrected chi connectivity index (χ1v) is 8.82. The molecule has 0 saturated heterocycles. The van der Waals surface area contributed by atoms with E-state index in [1.165, 1.54) is 28.5 Å². The summed E-state index contributed by atoms with van der Waals surface area (Å²) in [6.07, 6.45) is -0.602. The van der Waals surface area contributed by atoms with Crippen LogP contribution in [0.4, 0.5) is 9.18 Å². The molecule has 2 N–H and O–H groups in total. The van der Waals surface area contributed by atoms with Gasteiger partial charge in [0.25, 0.3) is 0 Å². The summed E-state index contributed by atoms with van der Waals surface area (Å²) < 4.78 is 24.4. The third-order valence-electron chi connectivity index (χ3n) is 4.11. The lowest BCUT2D eigenvalue weighted by molar-refractivity contribution is 0.195. The summed E-state index contributed by atoms with van der Waals surface area (Å²) in [5.74, 6) is -0.603. The minimum absolute atomic E-state index is 0.120. The van der Waals surface area contributed by atoms with E-state index in [0.717, 1.165) is 5.56 Å². The number of fused-ring (bicyclic) bond motifs is 1. The molecule has 4 rings (SSSR count). The van der Waals surface area contributed by atoms with Crippen molar-refractivity contribution in [2.24, 2.45) is 0 Å². The Hall–Kier alpha value is -3.15. The molecule has 27 heavy (non-hydrogen) atoms. The van der Waals surface area contributed by atoms with Gasteiger partial charge in [0.05, 0.1) is 6.04 Å². The number of nitrogens with one attached hydrogen (secondary N) is 1. The maximum absolute atomic E-state index is 13.5. The summed E-state index contributed by atoms with van der Waals surface area (Å²) >= 11 is 1.18. The van der Waals surface area contributed by atoms with Crippen LogP contribution in [-0.2, 0) is 6.42 Å². The molecular formula is C15H12FN5O5S. The Bertz CT molecular complexity index is 1060. The van der Waals surface area contributed by atoms with E-state index in [4.69, 9.17) is 14.3 Å². The van der Waals surface area contributed by atoms with E-state index in [0.29, 0.717) is 22.8 Å². The second kappa shape index (κ2) is 6.87. The monoisotopic (exact) mass is 393 g/mol. The Morgan fingerprint density at radius 3 is 3.07 bits per heavy atom. The minimum Gasteiger partial charge on any atom is -0.465 e. The van der Waals surface area contributed by atoms with Crippen molar-refractivity contribution in [2.75, 3.05) is 12.3 Å².